The molecule has 3 N–H and O–H groups in total. The normalized spacial score (nSPS) is 12.2. The highest BCUT2D eigenvalue weighted by Crippen LogP contribution is 2.07. The van der Waals surface area contributed by atoms with E-state index < -0.39 is 24.0 Å². The molecular weight excluding hydrogens is 520 g/mol. The highest BCUT2D eigenvalue weighted by atomic mass is 79.9. The number of carboxylic acids is 1. The molecule has 0 aromatic heterocycles. The van der Waals surface area contributed by atoms with E-state index in [1.807, 2.05) is 73.2 Å². The van der Waals surface area contributed by atoms with E-state index >= 15 is 0 Å². The zero-order chi connectivity index (χ0) is 24.2. The summed E-state index contributed by atoms with van der Waals surface area (Å²) in [5.41, 5.74) is 1.64. The van der Waals surface area contributed by atoms with Gasteiger partial charge < -0.3 is 32.7 Å². The lowest BCUT2D eigenvalue weighted by Gasteiger charge is -2.21. The molecule has 2 rings (SSSR count). The summed E-state index contributed by atoms with van der Waals surface area (Å²) in [6, 6.07) is 16.2. The van der Waals surface area contributed by atoms with Gasteiger partial charge in [-0.15, -0.1) is 0 Å². The monoisotopic (exact) mass is 550 g/mol. The number of carbonyl (C=O) groups is 4. The van der Waals surface area contributed by atoms with Crippen molar-refractivity contribution < 1.29 is 41.3 Å². The standard InChI is InChI=1S/C25H30N2O5S.BrH/c1-33(2)17-20(28)13-14-21(25(31)32)27-24(30)22(15-18-9-5-3-6-10-18)26-23(29)16-19-11-7-4-8-12-19;/h3-12,21-22H,13-17H2,1-2H3,(H2-,26,27,29,30,31,32);1H/t21-,22-;/m0./s1. The van der Waals surface area contributed by atoms with Crippen molar-refractivity contribution in [3.8, 4) is 0 Å². The number of aliphatic carboxylic acids is 1. The van der Waals surface area contributed by atoms with Gasteiger partial charge in [0.25, 0.3) is 0 Å². The number of hydrogen-bond acceptors (Lipinski definition) is 4. The molecule has 0 aliphatic heterocycles. The summed E-state index contributed by atoms with van der Waals surface area (Å²) in [5, 5.41) is 14.8. The minimum absolute atomic E-state index is 0. The smallest absolute Gasteiger partial charge is 0.326 e. The molecule has 0 bridgehead atoms. The first kappa shape index (κ1) is 29.4. The Labute approximate surface area is 213 Å². The van der Waals surface area contributed by atoms with Crippen LogP contribution in [0.3, 0.4) is 0 Å². The van der Waals surface area contributed by atoms with Crippen LogP contribution in [0.1, 0.15) is 24.0 Å². The number of amides is 2. The van der Waals surface area contributed by atoms with Crippen molar-refractivity contribution in [3.63, 3.8) is 0 Å². The number of benzene rings is 2. The van der Waals surface area contributed by atoms with Crippen LogP contribution in [0.5, 0.6) is 0 Å². The minimum Gasteiger partial charge on any atom is -1.00 e. The fourth-order valence-corrected chi connectivity index (χ4v) is 4.10. The summed E-state index contributed by atoms with van der Waals surface area (Å²) in [4.78, 5) is 49.3. The molecule has 7 nitrogen and oxygen atoms in total. The van der Waals surface area contributed by atoms with Gasteiger partial charge in [-0.1, -0.05) is 60.7 Å². The summed E-state index contributed by atoms with van der Waals surface area (Å²) in [7, 11) is -0.0673. The molecule has 9 heteroatoms. The Hall–Kier alpha value is -2.65. The van der Waals surface area contributed by atoms with E-state index in [1.54, 1.807) is 0 Å². The van der Waals surface area contributed by atoms with E-state index in [-0.39, 0.29) is 65.3 Å². The molecule has 0 saturated carbocycles. The molecule has 34 heavy (non-hydrogen) atoms. The molecule has 0 unspecified atom stereocenters. The van der Waals surface area contributed by atoms with E-state index in [4.69, 9.17) is 0 Å². The second kappa shape index (κ2) is 15.3. The topological polar surface area (TPSA) is 113 Å². The average molecular weight is 552 g/mol. The Balaban J connectivity index is 0.00000578. The Morgan fingerprint density at radius 2 is 1.41 bits per heavy atom. The lowest BCUT2D eigenvalue weighted by atomic mass is 10.0. The van der Waals surface area contributed by atoms with E-state index in [2.05, 4.69) is 10.6 Å². The lowest BCUT2D eigenvalue weighted by molar-refractivity contribution is -0.142. The van der Waals surface area contributed by atoms with E-state index in [9.17, 15) is 24.3 Å². The highest BCUT2D eigenvalue weighted by molar-refractivity contribution is 7.96. The molecule has 2 atom stereocenters. The summed E-state index contributed by atoms with van der Waals surface area (Å²) in [5.74, 6) is -1.77. The quantitative estimate of drug-likeness (QED) is 0.270. The van der Waals surface area contributed by atoms with E-state index in [1.165, 1.54) is 0 Å². The van der Waals surface area contributed by atoms with Gasteiger partial charge in [0.2, 0.25) is 11.8 Å². The zero-order valence-corrected chi connectivity index (χ0v) is 21.7. The van der Waals surface area contributed by atoms with Crippen LogP contribution in [0, 0.1) is 0 Å². The maximum absolute atomic E-state index is 13.0. The molecule has 2 amide bonds. The SMILES string of the molecule is C[S+](C)CC(=O)CC[C@H](NC(=O)[C@H](Cc1ccccc1)NC(=O)Cc1ccccc1)C(=O)O.[Br-]. The predicted octanol–water partition coefficient (Wildman–Crippen LogP) is -1.24. The van der Waals surface area contributed by atoms with Gasteiger partial charge >= 0.3 is 5.97 Å². The van der Waals surface area contributed by atoms with Gasteiger partial charge in [-0.3, -0.25) is 14.4 Å². The predicted molar refractivity (Wildman–Crippen MR) is 130 cm³/mol. The molecule has 2 aromatic carbocycles. The molecular formula is C25H31BrN2O5S. The molecule has 0 spiro atoms. The van der Waals surface area contributed by atoms with Crippen molar-refractivity contribution in [1.29, 1.82) is 0 Å². The van der Waals surface area contributed by atoms with Crippen LogP contribution in [-0.4, -0.2) is 59.0 Å². The van der Waals surface area contributed by atoms with Crippen LogP contribution in [0.15, 0.2) is 60.7 Å². The molecule has 0 radical (unpaired) electrons. The first-order valence-electron chi connectivity index (χ1n) is 10.7. The Bertz CT molecular complexity index is 941. The number of rotatable bonds is 13. The summed E-state index contributed by atoms with van der Waals surface area (Å²) in [6.07, 6.45) is 4.29. The van der Waals surface area contributed by atoms with Crippen LogP contribution < -0.4 is 27.6 Å². The zero-order valence-electron chi connectivity index (χ0n) is 19.3. The third kappa shape index (κ3) is 11.0. The van der Waals surface area contributed by atoms with Gasteiger partial charge in [-0.25, -0.2) is 4.79 Å². The average Bonchev–Trinajstić information content (AvgIpc) is 2.76. The Morgan fingerprint density at radius 1 is 0.853 bits per heavy atom. The summed E-state index contributed by atoms with van der Waals surface area (Å²) >= 11 is 0. The fourth-order valence-electron chi connectivity index (χ4n) is 3.31. The maximum Gasteiger partial charge on any atom is 0.326 e. The molecule has 0 aliphatic rings. The largest absolute Gasteiger partial charge is 1.00 e. The first-order valence-corrected chi connectivity index (χ1v) is 12.9. The summed E-state index contributed by atoms with van der Waals surface area (Å²) < 4.78 is 0. The van der Waals surface area contributed by atoms with Crippen LogP contribution in [0.2, 0.25) is 0 Å². The van der Waals surface area contributed by atoms with Crippen molar-refractivity contribution >= 4 is 34.5 Å². The lowest BCUT2D eigenvalue weighted by Crippen LogP contribution is -3.00. The summed E-state index contributed by atoms with van der Waals surface area (Å²) in [6.45, 7) is 0. The van der Waals surface area contributed by atoms with Gasteiger partial charge in [0.15, 0.2) is 11.5 Å². The third-order valence-corrected chi connectivity index (χ3v) is 5.82. The van der Waals surface area contributed by atoms with Crippen molar-refractivity contribution in [2.75, 3.05) is 18.3 Å². The number of ketones is 1. The van der Waals surface area contributed by atoms with Gasteiger partial charge in [0.1, 0.15) is 12.1 Å². The molecule has 2 aromatic rings. The second-order valence-corrected chi connectivity index (χ2v) is 10.3. The molecule has 0 aliphatic carbocycles. The molecule has 184 valence electrons. The van der Waals surface area contributed by atoms with Crippen LogP contribution in [0.25, 0.3) is 0 Å². The Morgan fingerprint density at radius 3 is 1.94 bits per heavy atom. The van der Waals surface area contributed by atoms with Crippen molar-refractivity contribution in [2.24, 2.45) is 0 Å². The van der Waals surface area contributed by atoms with Gasteiger partial charge in [-0.2, -0.15) is 0 Å². The van der Waals surface area contributed by atoms with Crippen molar-refractivity contribution in [1.82, 2.24) is 10.6 Å². The van der Waals surface area contributed by atoms with Crippen molar-refractivity contribution in [2.45, 2.75) is 37.8 Å². The number of carbonyl (C=O) groups excluding carboxylic acids is 3. The fraction of sp³-hybridized carbons (Fsp3) is 0.360. The van der Waals surface area contributed by atoms with Crippen molar-refractivity contribution in [3.05, 3.63) is 71.8 Å². The minimum atomic E-state index is -1.21. The molecule has 0 fully saturated rings. The first-order chi connectivity index (χ1) is 15.7. The van der Waals surface area contributed by atoms with Crippen LogP contribution in [-0.2, 0) is 42.9 Å². The third-order valence-electron chi connectivity index (χ3n) is 4.92. The van der Waals surface area contributed by atoms with E-state index in [0.717, 1.165) is 11.1 Å². The maximum atomic E-state index is 13.0. The van der Waals surface area contributed by atoms with Crippen LogP contribution >= 0.6 is 0 Å². The van der Waals surface area contributed by atoms with Gasteiger partial charge in [0.05, 0.1) is 18.9 Å². The number of nitrogens with one attached hydrogen (secondary N) is 2. The van der Waals surface area contributed by atoms with Gasteiger partial charge in [0, 0.05) is 12.8 Å². The number of Topliss-reactive ketones (excluding diaryl/α,β-unsaturated/α-hetero) is 1. The highest BCUT2D eigenvalue weighted by Gasteiger charge is 2.27. The van der Waals surface area contributed by atoms with E-state index in [0.29, 0.717) is 5.75 Å². The van der Waals surface area contributed by atoms with Crippen LogP contribution in [0.4, 0.5) is 0 Å². The molecule has 0 heterocycles. The number of halogens is 1. The Kier molecular flexibility index (Phi) is 13.2. The number of hydrogen-bond donors (Lipinski definition) is 3. The second-order valence-electron chi connectivity index (χ2n) is 8.08. The number of carboxylic acid groups (broad SMARTS) is 1. The van der Waals surface area contributed by atoms with Gasteiger partial charge in [-0.05, 0) is 28.4 Å². The molecule has 0 saturated heterocycles.